The van der Waals surface area contributed by atoms with Crippen LogP contribution in [-0.2, 0) is 102 Å². The van der Waals surface area contributed by atoms with Crippen molar-refractivity contribution in [2.75, 3.05) is 144 Å². The summed E-state index contributed by atoms with van der Waals surface area (Å²) in [4.78, 5) is 87.8. The highest BCUT2D eigenvalue weighted by atomic mass is 28.4. The van der Waals surface area contributed by atoms with Crippen molar-refractivity contribution in [3.63, 3.8) is 0 Å². The second-order valence-corrected chi connectivity index (χ2v) is 28.4. The van der Waals surface area contributed by atoms with Crippen LogP contribution >= 0.6 is 0 Å². The highest BCUT2D eigenvalue weighted by Crippen LogP contribution is 2.42. The molecule has 1 amide bonds. The predicted molar refractivity (Wildman–Crippen MR) is 348 cm³/mol. The van der Waals surface area contributed by atoms with Gasteiger partial charge in [-0.25, -0.2) is 14.6 Å². The van der Waals surface area contributed by atoms with Gasteiger partial charge < -0.3 is 76.5 Å². The van der Waals surface area contributed by atoms with Crippen LogP contribution in [0.2, 0.25) is 18.1 Å². The van der Waals surface area contributed by atoms with Gasteiger partial charge in [-0.3, -0.25) is 19.2 Å². The molecule has 0 bridgehead atoms. The molecule has 2 atom stereocenters. The van der Waals surface area contributed by atoms with E-state index in [1.165, 1.54) is 0 Å². The average Bonchev–Trinajstić information content (AvgIpc) is 1.55. The Bertz CT molecular complexity index is 3160. The molecule has 26 nitrogen and oxygen atoms in total. The van der Waals surface area contributed by atoms with Gasteiger partial charge >= 0.3 is 12.1 Å². The van der Waals surface area contributed by atoms with Crippen LogP contribution in [0, 0.1) is 5.92 Å². The molecule has 512 valence electrons. The van der Waals surface area contributed by atoms with E-state index in [0.717, 1.165) is 34.2 Å². The molecule has 2 N–H and O–H groups in total. The zero-order valence-electron chi connectivity index (χ0n) is 55.9. The summed E-state index contributed by atoms with van der Waals surface area (Å²) >= 11 is 0. The number of aromatic nitrogens is 2. The lowest BCUT2D eigenvalue weighted by atomic mass is 9.95. The van der Waals surface area contributed by atoms with E-state index < -0.39 is 32.5 Å². The Labute approximate surface area is 546 Å². The van der Waals surface area contributed by atoms with Gasteiger partial charge in [0.25, 0.3) is 5.56 Å². The summed E-state index contributed by atoms with van der Waals surface area (Å²) in [6.07, 6.45) is 0.280. The van der Waals surface area contributed by atoms with Gasteiger partial charge in [0.05, 0.1) is 128 Å². The van der Waals surface area contributed by atoms with Crippen LogP contribution in [-0.4, -0.2) is 186 Å². The van der Waals surface area contributed by atoms with Crippen LogP contribution in [0.25, 0.3) is 32.7 Å². The molecule has 2 aliphatic rings. The Morgan fingerprint density at radius 2 is 1.40 bits per heavy atom. The zero-order valence-corrected chi connectivity index (χ0v) is 55.9. The molecule has 2 aromatic carbocycles. The van der Waals surface area contributed by atoms with Crippen LogP contribution in [0.15, 0.2) is 58.4 Å². The van der Waals surface area contributed by atoms with E-state index in [2.05, 4.69) is 61.4 Å². The molecule has 0 aliphatic carbocycles. The monoisotopic (exact) mass is 1320 g/mol. The van der Waals surface area contributed by atoms with E-state index in [1.54, 1.807) is 34.9 Å². The highest BCUT2D eigenvalue weighted by molar-refractivity contribution is 6.74. The number of amides is 1. The predicted octanol–water partition coefficient (Wildman–Crippen LogP) is 8.93. The van der Waals surface area contributed by atoms with Crippen LogP contribution in [0.3, 0.4) is 0 Å². The van der Waals surface area contributed by atoms with Gasteiger partial charge in [0.1, 0.15) is 32.2 Å². The first-order valence-corrected chi connectivity index (χ1v) is 34.9. The summed E-state index contributed by atoms with van der Waals surface area (Å²) in [5, 5.41) is 10.4. The molecular weight excluding hydrogens is 1220 g/mol. The SMILES string of the molecule is [3H]CCNCCCCC(CC(=O)COCC(=O)CCCOCCOCCOCCOCCOCCOCCOCCOCCN=[N+]=[N-])C(=O)Nc1ccc(COC(=O)OC2C(=O)OCc3c2cc2n(c3=O)Cc3c-2nc2ccc(O[Si](C)(C)C(C)(C)C)cc2c3CC)cc1. The van der Waals surface area contributed by atoms with Crippen molar-refractivity contribution >= 4 is 54.5 Å². The summed E-state index contributed by atoms with van der Waals surface area (Å²) in [7, 11) is -2.14. The Morgan fingerprint density at radius 1 is 0.785 bits per heavy atom. The van der Waals surface area contributed by atoms with Crippen LogP contribution in [0.4, 0.5) is 10.5 Å². The molecule has 0 spiro atoms. The molecular formula is C66H95N7O19Si. The molecule has 2 aliphatic heterocycles. The van der Waals surface area contributed by atoms with Gasteiger partial charge in [0.2, 0.25) is 20.3 Å². The van der Waals surface area contributed by atoms with Crippen molar-refractivity contribution in [1.29, 1.82) is 0 Å². The fraction of sp³-hybridized carbons (Fsp3) is 0.621. The standard InChI is InChI=1S/C66H95N7O19Si/c1-8-53-54-40-52(92-93(6,7)66(3,4)5)19-20-58(54)71-60-56(53)42-73-59(60)41-55-57(63(73)77)46-89-64(78)61(55)91-65(79)90-43-47-15-17-49(18-16-47)70-62(76)48(13-10-11-21-68-9-2)39-51(75)45-88-44-50(74)14-12-23-80-25-27-82-29-31-84-33-35-86-37-38-87-36-34-85-32-30-83-28-26-81-24-22-69-72-67/h15-20,40-41,48,61,68H,8-14,21-39,42-46H2,1-7H3,(H,70,76)/i2T. The first-order valence-electron chi connectivity index (χ1n) is 32.7. The molecule has 27 heteroatoms. The molecule has 2 unspecified atom stereocenters. The number of carbonyl (C=O) groups is 5. The summed E-state index contributed by atoms with van der Waals surface area (Å²) in [6, 6.07) is 14.1. The number of carbonyl (C=O) groups excluding carboxylic acids is 5. The number of cyclic esters (lactones) is 1. The number of nitrogens with one attached hydrogen (secondary N) is 2. The number of hydrogen-bond acceptors (Lipinski definition) is 22. The normalized spacial score (nSPS) is 13.9. The van der Waals surface area contributed by atoms with Crippen LogP contribution < -0.4 is 20.6 Å². The van der Waals surface area contributed by atoms with Gasteiger partial charge in [-0.2, -0.15) is 0 Å². The van der Waals surface area contributed by atoms with Crippen molar-refractivity contribution in [3.05, 3.63) is 97.1 Å². The zero-order chi connectivity index (χ0) is 67.6. The van der Waals surface area contributed by atoms with Crippen molar-refractivity contribution in [1.82, 2.24) is 14.9 Å². The lowest BCUT2D eigenvalue weighted by Gasteiger charge is -2.36. The maximum Gasteiger partial charge on any atom is 0.509 e. The third-order valence-electron chi connectivity index (χ3n) is 15.8. The molecule has 0 saturated heterocycles. The third-order valence-corrected chi connectivity index (χ3v) is 20.2. The minimum atomic E-state index is -2.14. The molecule has 93 heavy (non-hydrogen) atoms. The molecule has 6 rings (SSSR count). The van der Waals surface area contributed by atoms with E-state index in [1.807, 2.05) is 18.2 Å². The summed E-state index contributed by atoms with van der Waals surface area (Å²) < 4.78 is 81.2. The maximum absolute atomic E-state index is 14.2. The minimum absolute atomic E-state index is 0.000906. The van der Waals surface area contributed by atoms with Crippen LogP contribution in [0.5, 0.6) is 5.75 Å². The first-order chi connectivity index (χ1) is 45.4. The number of azide groups is 1. The van der Waals surface area contributed by atoms with Crippen molar-refractivity contribution in [2.45, 2.75) is 124 Å². The number of ketones is 2. The number of fused-ring (bicyclic) bond motifs is 5. The molecule has 4 heterocycles. The van der Waals surface area contributed by atoms with Gasteiger partial charge in [0, 0.05) is 60.4 Å². The number of hydrogen-bond donors (Lipinski definition) is 2. The van der Waals surface area contributed by atoms with Crippen molar-refractivity contribution in [3.8, 4) is 17.1 Å². The number of benzene rings is 2. The first kappa shape index (κ1) is 73.7. The Balaban J connectivity index is 0.846. The topological polar surface area (TPSA) is 313 Å². The number of Topliss-reactive ketones (excluding diaryl/α,β-unsaturated/α-hetero) is 2. The smallest absolute Gasteiger partial charge is 0.509 e. The lowest BCUT2D eigenvalue weighted by Crippen LogP contribution is -2.43. The van der Waals surface area contributed by atoms with Gasteiger partial charge in [-0.1, -0.05) is 58.3 Å². The van der Waals surface area contributed by atoms with E-state index in [4.69, 9.17) is 73.2 Å². The van der Waals surface area contributed by atoms with E-state index in [9.17, 15) is 28.8 Å². The van der Waals surface area contributed by atoms with E-state index in [0.29, 0.717) is 174 Å². The third kappa shape index (κ3) is 25.2. The van der Waals surface area contributed by atoms with Crippen molar-refractivity contribution < 1.29 is 86.6 Å². The lowest BCUT2D eigenvalue weighted by molar-refractivity contribution is -0.159. The second kappa shape index (κ2) is 40.5. The highest BCUT2D eigenvalue weighted by Gasteiger charge is 2.40. The average molecular weight is 1320 g/mol. The quantitative estimate of drug-likeness (QED) is 0.00916. The summed E-state index contributed by atoms with van der Waals surface area (Å²) in [5.41, 5.74) is 13.0. The number of ether oxygens (including phenoxy) is 12. The van der Waals surface area contributed by atoms with E-state index >= 15 is 0 Å². The molecule has 4 aromatic rings. The molecule has 0 fully saturated rings. The number of esters is 1. The molecule has 0 saturated carbocycles. The number of rotatable bonds is 48. The van der Waals surface area contributed by atoms with E-state index in [-0.39, 0.29) is 91.9 Å². The Morgan fingerprint density at radius 3 is 2.00 bits per heavy atom. The fourth-order valence-corrected chi connectivity index (χ4v) is 10.9. The van der Waals surface area contributed by atoms with Crippen LogP contribution in [0.1, 0.15) is 108 Å². The Kier molecular flexibility index (Phi) is 32.1. The summed E-state index contributed by atoms with van der Waals surface area (Å²) in [6.45, 7) is 20.5. The van der Waals surface area contributed by atoms with Gasteiger partial charge in [-0.15, -0.1) is 0 Å². The number of unbranched alkanes of at least 4 members (excludes halogenated alkanes) is 1. The maximum atomic E-state index is 14.2. The minimum Gasteiger partial charge on any atom is -0.543 e. The number of anilines is 1. The number of nitrogens with zero attached hydrogens (tertiary/aromatic N) is 5. The molecule has 2 aromatic heterocycles. The second-order valence-electron chi connectivity index (χ2n) is 23.7. The fourth-order valence-electron chi connectivity index (χ4n) is 9.84. The number of pyridine rings is 2. The summed E-state index contributed by atoms with van der Waals surface area (Å²) in [5.74, 6) is -1.66. The Hall–Kier alpha value is -6.72. The van der Waals surface area contributed by atoms with Gasteiger partial charge in [0.15, 0.2) is 11.6 Å². The number of aryl methyl sites for hydroxylation is 1. The van der Waals surface area contributed by atoms with Crippen molar-refractivity contribution in [2.24, 2.45) is 11.0 Å². The molecule has 0 radical (unpaired) electrons. The van der Waals surface area contributed by atoms with Gasteiger partial charge in [-0.05, 0) is 110 Å². The largest absolute Gasteiger partial charge is 0.543 e.